The average molecular weight is 468 g/mol. The number of rotatable bonds is 8. The number of pyridine rings is 1. The monoisotopic (exact) mass is 467 g/mol. The van der Waals surface area contributed by atoms with Gasteiger partial charge in [0.25, 0.3) is 5.91 Å². The largest absolute Gasteiger partial charge is 0.384 e. The number of anilines is 1. The number of H-pyrrole nitrogens is 1. The van der Waals surface area contributed by atoms with E-state index in [0.717, 1.165) is 33.5 Å². The Hall–Kier alpha value is -4.39. The van der Waals surface area contributed by atoms with Crippen molar-refractivity contribution in [3.63, 3.8) is 0 Å². The lowest BCUT2D eigenvalue weighted by molar-refractivity contribution is -0.123. The van der Waals surface area contributed by atoms with E-state index in [4.69, 9.17) is 5.73 Å². The van der Waals surface area contributed by atoms with E-state index in [1.54, 1.807) is 12.3 Å². The topological polar surface area (TPSA) is 113 Å². The van der Waals surface area contributed by atoms with E-state index in [1.165, 1.54) is 0 Å². The number of nitrogens with one attached hydrogen (secondary N) is 3. The lowest BCUT2D eigenvalue weighted by Crippen LogP contribution is -2.48. The molecule has 7 nitrogen and oxygen atoms in total. The molecule has 0 saturated carbocycles. The van der Waals surface area contributed by atoms with Crippen molar-refractivity contribution < 1.29 is 9.59 Å². The van der Waals surface area contributed by atoms with E-state index in [0.29, 0.717) is 17.9 Å². The maximum Gasteiger partial charge on any atom is 0.268 e. The van der Waals surface area contributed by atoms with Crippen molar-refractivity contribution in [1.82, 2.24) is 20.6 Å². The molecule has 0 radical (unpaired) electrons. The molecule has 4 rings (SSSR count). The molecule has 4 aromatic rings. The van der Waals surface area contributed by atoms with E-state index in [9.17, 15) is 9.59 Å². The smallest absolute Gasteiger partial charge is 0.268 e. The summed E-state index contributed by atoms with van der Waals surface area (Å²) in [5, 5.41) is 5.82. The van der Waals surface area contributed by atoms with Crippen LogP contribution in [-0.2, 0) is 17.8 Å². The molecule has 0 aliphatic carbocycles. The fraction of sp³-hybridized carbons (Fsp3) is 0.179. The number of nitrogens with zero attached hydrogens (tertiary/aromatic N) is 1. The minimum atomic E-state index is -0.755. The third kappa shape index (κ3) is 6.14. The summed E-state index contributed by atoms with van der Waals surface area (Å²) in [5.74, 6) is -0.171. The highest BCUT2D eigenvalue weighted by molar-refractivity contribution is 5.97. The third-order valence-electron chi connectivity index (χ3n) is 5.81. The second-order valence-electron chi connectivity index (χ2n) is 8.61. The Bertz CT molecular complexity index is 1300. The molecule has 5 N–H and O–H groups in total. The van der Waals surface area contributed by atoms with Crippen molar-refractivity contribution in [2.45, 2.75) is 32.9 Å². The van der Waals surface area contributed by atoms with Crippen molar-refractivity contribution in [3.8, 4) is 11.1 Å². The third-order valence-corrected chi connectivity index (χ3v) is 5.81. The highest BCUT2D eigenvalue weighted by Gasteiger charge is 2.23. The van der Waals surface area contributed by atoms with E-state index in [-0.39, 0.29) is 18.4 Å². The molecule has 2 aromatic carbocycles. The van der Waals surface area contributed by atoms with Crippen LogP contribution in [0.15, 0.2) is 79.0 Å². The second kappa shape index (κ2) is 10.7. The maximum atomic E-state index is 13.2. The van der Waals surface area contributed by atoms with E-state index in [2.05, 4.69) is 32.7 Å². The van der Waals surface area contributed by atoms with Crippen LogP contribution in [0.1, 0.15) is 32.9 Å². The lowest BCUT2D eigenvalue weighted by atomic mass is 10.00. The van der Waals surface area contributed by atoms with Crippen molar-refractivity contribution in [1.29, 1.82) is 0 Å². The van der Waals surface area contributed by atoms with Gasteiger partial charge in [-0.3, -0.25) is 9.59 Å². The molecule has 35 heavy (non-hydrogen) atoms. The molecule has 1 atom stereocenters. The van der Waals surface area contributed by atoms with Gasteiger partial charge in [0.15, 0.2) is 0 Å². The first-order chi connectivity index (χ1) is 16.9. The minimum Gasteiger partial charge on any atom is -0.384 e. The van der Waals surface area contributed by atoms with Gasteiger partial charge in [0, 0.05) is 24.9 Å². The van der Waals surface area contributed by atoms with Crippen LogP contribution in [0.5, 0.6) is 0 Å². The number of benzene rings is 2. The first-order valence-electron chi connectivity index (χ1n) is 11.5. The Labute approximate surface area is 204 Å². The van der Waals surface area contributed by atoms with Crippen LogP contribution in [0.4, 0.5) is 5.82 Å². The molecule has 2 aromatic heterocycles. The van der Waals surface area contributed by atoms with Crippen LogP contribution in [-0.4, -0.2) is 27.8 Å². The zero-order valence-electron chi connectivity index (χ0n) is 19.8. The summed E-state index contributed by atoms with van der Waals surface area (Å²) in [6.45, 7) is 4.04. The fourth-order valence-electron chi connectivity index (χ4n) is 3.96. The highest BCUT2D eigenvalue weighted by Crippen LogP contribution is 2.20. The summed E-state index contributed by atoms with van der Waals surface area (Å²) in [7, 11) is 0. The summed E-state index contributed by atoms with van der Waals surface area (Å²) < 4.78 is 0. The number of carbonyl (C=O) groups is 2. The van der Waals surface area contributed by atoms with E-state index in [1.807, 2.05) is 68.4 Å². The van der Waals surface area contributed by atoms with Crippen LogP contribution < -0.4 is 16.4 Å². The number of aryl methyl sites for hydroxylation is 2. The van der Waals surface area contributed by atoms with Gasteiger partial charge in [-0.15, -0.1) is 0 Å². The Morgan fingerprint density at radius 2 is 1.63 bits per heavy atom. The Morgan fingerprint density at radius 1 is 0.943 bits per heavy atom. The molecule has 2 amide bonds. The fourth-order valence-corrected chi connectivity index (χ4v) is 3.96. The number of hydrogen-bond acceptors (Lipinski definition) is 4. The molecular formula is C28H29N5O2. The quantitative estimate of drug-likeness (QED) is 0.314. The first-order valence-corrected chi connectivity index (χ1v) is 11.5. The van der Waals surface area contributed by atoms with Crippen LogP contribution >= 0.6 is 0 Å². The van der Waals surface area contributed by atoms with Gasteiger partial charge < -0.3 is 21.4 Å². The van der Waals surface area contributed by atoms with Gasteiger partial charge in [0.1, 0.15) is 17.6 Å². The molecule has 7 heteroatoms. The number of nitrogen functional groups attached to an aromatic ring is 1. The number of aromatic nitrogens is 2. The Balaban J connectivity index is 1.50. The molecule has 0 unspecified atom stereocenters. The first kappa shape index (κ1) is 23.8. The summed E-state index contributed by atoms with van der Waals surface area (Å²) in [5.41, 5.74) is 11.8. The van der Waals surface area contributed by atoms with Crippen LogP contribution in [0.3, 0.4) is 0 Å². The van der Waals surface area contributed by atoms with Crippen molar-refractivity contribution in [2.24, 2.45) is 0 Å². The van der Waals surface area contributed by atoms with Crippen molar-refractivity contribution >= 4 is 17.6 Å². The average Bonchev–Trinajstić information content (AvgIpc) is 3.22. The predicted octanol–water partition coefficient (Wildman–Crippen LogP) is 3.93. The minimum absolute atomic E-state index is 0.275. The summed E-state index contributed by atoms with van der Waals surface area (Å²) >= 11 is 0. The SMILES string of the molecule is Cc1cc(C)c(C(=O)N[C@@H](Cc2ccc(-c3ccccc3)cc2)C(=O)NCc2ccc(N)nc2)[nH]1. The van der Waals surface area contributed by atoms with Crippen LogP contribution in [0.25, 0.3) is 11.1 Å². The van der Waals surface area contributed by atoms with Gasteiger partial charge in [-0.1, -0.05) is 60.7 Å². The number of aromatic amines is 1. The number of amides is 2. The van der Waals surface area contributed by atoms with E-state index < -0.39 is 6.04 Å². The standard InChI is InChI=1S/C28H29N5O2/c1-18-14-19(2)32-26(18)28(35)33-24(27(34)31-17-21-10-13-25(29)30-16-21)15-20-8-11-23(12-9-20)22-6-4-3-5-7-22/h3-14,16,24,32H,15,17H2,1-2H3,(H2,29,30)(H,31,34)(H,33,35)/t24-/m0/s1. The lowest BCUT2D eigenvalue weighted by Gasteiger charge is -2.19. The van der Waals surface area contributed by atoms with Gasteiger partial charge in [0.05, 0.1) is 0 Å². The Kier molecular flexibility index (Phi) is 7.26. The second-order valence-corrected chi connectivity index (χ2v) is 8.61. The van der Waals surface area contributed by atoms with Crippen LogP contribution in [0, 0.1) is 13.8 Å². The van der Waals surface area contributed by atoms with Crippen molar-refractivity contribution in [3.05, 3.63) is 107 Å². The molecule has 0 bridgehead atoms. The predicted molar refractivity (Wildman–Crippen MR) is 138 cm³/mol. The number of nitrogens with two attached hydrogens (primary N) is 1. The highest BCUT2D eigenvalue weighted by atomic mass is 16.2. The number of hydrogen-bond donors (Lipinski definition) is 4. The molecule has 0 spiro atoms. The molecule has 0 saturated heterocycles. The Morgan fingerprint density at radius 3 is 2.26 bits per heavy atom. The van der Waals surface area contributed by atoms with Gasteiger partial charge in [-0.05, 0) is 53.8 Å². The molecular weight excluding hydrogens is 438 g/mol. The van der Waals surface area contributed by atoms with Crippen LogP contribution in [0.2, 0.25) is 0 Å². The maximum absolute atomic E-state index is 13.2. The van der Waals surface area contributed by atoms with E-state index >= 15 is 0 Å². The van der Waals surface area contributed by atoms with Gasteiger partial charge in [0.2, 0.25) is 5.91 Å². The summed E-state index contributed by atoms with van der Waals surface area (Å²) in [6.07, 6.45) is 1.97. The van der Waals surface area contributed by atoms with Gasteiger partial charge in [-0.2, -0.15) is 0 Å². The zero-order valence-corrected chi connectivity index (χ0v) is 19.8. The molecule has 0 aliphatic heterocycles. The summed E-state index contributed by atoms with van der Waals surface area (Å²) in [4.78, 5) is 33.3. The van der Waals surface area contributed by atoms with Gasteiger partial charge in [-0.25, -0.2) is 4.98 Å². The van der Waals surface area contributed by atoms with Crippen molar-refractivity contribution in [2.75, 3.05) is 5.73 Å². The zero-order chi connectivity index (χ0) is 24.8. The van der Waals surface area contributed by atoms with Gasteiger partial charge >= 0.3 is 0 Å². The molecule has 0 fully saturated rings. The molecule has 2 heterocycles. The molecule has 178 valence electrons. The normalized spacial score (nSPS) is 11.6. The molecule has 0 aliphatic rings. The summed E-state index contributed by atoms with van der Waals surface area (Å²) in [6, 6.07) is 22.8. The number of carbonyl (C=O) groups excluding carboxylic acids is 2.